The van der Waals surface area contributed by atoms with Crippen LogP contribution in [0.5, 0.6) is 0 Å². The third-order valence-electron chi connectivity index (χ3n) is 2.91. The molecule has 1 aromatic rings. The lowest BCUT2D eigenvalue weighted by molar-refractivity contribution is -0.128. The van der Waals surface area contributed by atoms with Crippen LogP contribution >= 0.6 is 0 Å². The largest absolute Gasteiger partial charge is 0.376 e. The quantitative estimate of drug-likeness (QED) is 0.859. The van der Waals surface area contributed by atoms with Gasteiger partial charge in [-0.3, -0.25) is 4.79 Å². The summed E-state index contributed by atoms with van der Waals surface area (Å²) >= 11 is 0. The van der Waals surface area contributed by atoms with E-state index in [4.69, 9.17) is 0 Å². The number of anilines is 1. The Labute approximate surface area is 107 Å². The molecule has 1 amide bonds. The molecule has 98 valence electrons. The first kappa shape index (κ1) is 12.9. The van der Waals surface area contributed by atoms with E-state index in [1.54, 1.807) is 4.90 Å². The molecule has 0 atom stereocenters. The van der Waals surface area contributed by atoms with Gasteiger partial charge in [-0.25, -0.2) is 8.42 Å². The van der Waals surface area contributed by atoms with Crippen molar-refractivity contribution in [1.82, 2.24) is 4.90 Å². The summed E-state index contributed by atoms with van der Waals surface area (Å²) in [5, 5.41) is 3.02. The third kappa shape index (κ3) is 3.46. The van der Waals surface area contributed by atoms with Gasteiger partial charge in [-0.15, -0.1) is 0 Å². The van der Waals surface area contributed by atoms with E-state index in [9.17, 15) is 13.2 Å². The molecule has 2 rings (SSSR count). The molecule has 1 heterocycles. The molecule has 0 saturated carbocycles. The Hall–Kier alpha value is -1.56. The highest BCUT2D eigenvalue weighted by Crippen LogP contribution is 2.07. The topological polar surface area (TPSA) is 66.5 Å². The van der Waals surface area contributed by atoms with Gasteiger partial charge in [0.2, 0.25) is 5.91 Å². The fourth-order valence-electron chi connectivity index (χ4n) is 1.81. The zero-order valence-corrected chi connectivity index (χ0v) is 10.8. The number of hydrogen-bond donors (Lipinski definition) is 1. The van der Waals surface area contributed by atoms with Crippen LogP contribution in [0.4, 0.5) is 5.69 Å². The van der Waals surface area contributed by atoms with Gasteiger partial charge in [-0.1, -0.05) is 18.2 Å². The zero-order chi connectivity index (χ0) is 13.0. The molecule has 0 spiro atoms. The Bertz CT molecular complexity index is 499. The number of rotatable bonds is 3. The van der Waals surface area contributed by atoms with Gasteiger partial charge < -0.3 is 10.2 Å². The van der Waals surface area contributed by atoms with E-state index < -0.39 is 9.84 Å². The van der Waals surface area contributed by atoms with Crippen molar-refractivity contribution >= 4 is 21.4 Å². The highest BCUT2D eigenvalue weighted by Gasteiger charge is 2.24. The van der Waals surface area contributed by atoms with Crippen LogP contribution in [0.2, 0.25) is 0 Å². The van der Waals surface area contributed by atoms with E-state index in [1.807, 2.05) is 30.3 Å². The average molecular weight is 268 g/mol. The fourth-order valence-corrected chi connectivity index (χ4v) is 3.01. The lowest BCUT2D eigenvalue weighted by atomic mass is 10.3. The monoisotopic (exact) mass is 268 g/mol. The Morgan fingerprint density at radius 2 is 1.78 bits per heavy atom. The number of amides is 1. The highest BCUT2D eigenvalue weighted by molar-refractivity contribution is 7.91. The smallest absolute Gasteiger partial charge is 0.241 e. The standard InChI is InChI=1S/C12H16N2O3S/c15-12(10-13-11-4-2-1-3-5-11)14-6-8-18(16,17)9-7-14/h1-5,13H,6-10H2. The fraction of sp³-hybridized carbons (Fsp3) is 0.417. The number of hydrogen-bond acceptors (Lipinski definition) is 4. The Balaban J connectivity index is 1.83. The van der Waals surface area contributed by atoms with Gasteiger partial charge in [-0.2, -0.15) is 0 Å². The van der Waals surface area contributed by atoms with Crippen LogP contribution in [0.3, 0.4) is 0 Å². The van der Waals surface area contributed by atoms with Crippen molar-refractivity contribution in [2.75, 3.05) is 36.5 Å². The first-order valence-corrected chi connectivity index (χ1v) is 7.66. The lowest BCUT2D eigenvalue weighted by Crippen LogP contribution is -2.45. The molecule has 0 radical (unpaired) electrons. The highest BCUT2D eigenvalue weighted by atomic mass is 32.2. The van der Waals surface area contributed by atoms with E-state index in [0.29, 0.717) is 13.1 Å². The zero-order valence-electron chi connectivity index (χ0n) is 10.0. The second kappa shape index (κ2) is 5.39. The normalized spacial score (nSPS) is 18.3. The molecule has 1 saturated heterocycles. The maximum absolute atomic E-state index is 11.9. The molecule has 1 aliphatic rings. The first-order valence-electron chi connectivity index (χ1n) is 5.84. The van der Waals surface area contributed by atoms with Gasteiger partial charge in [0.15, 0.2) is 9.84 Å². The number of benzene rings is 1. The van der Waals surface area contributed by atoms with Crippen LogP contribution in [0.25, 0.3) is 0 Å². The van der Waals surface area contributed by atoms with Gasteiger partial charge in [0.1, 0.15) is 0 Å². The number of nitrogens with one attached hydrogen (secondary N) is 1. The molecule has 1 aromatic carbocycles. The van der Waals surface area contributed by atoms with Crippen molar-refractivity contribution < 1.29 is 13.2 Å². The molecule has 0 unspecified atom stereocenters. The average Bonchev–Trinajstić information content (AvgIpc) is 2.37. The summed E-state index contributed by atoms with van der Waals surface area (Å²) in [5.74, 6) is 0.0856. The molecule has 1 fully saturated rings. The van der Waals surface area contributed by atoms with Gasteiger partial charge in [0.25, 0.3) is 0 Å². The molecule has 1 aliphatic heterocycles. The summed E-state index contributed by atoms with van der Waals surface area (Å²) in [4.78, 5) is 13.4. The van der Waals surface area contributed by atoms with Crippen molar-refractivity contribution in [2.45, 2.75) is 0 Å². The van der Waals surface area contributed by atoms with E-state index in [-0.39, 0.29) is 24.0 Å². The van der Waals surface area contributed by atoms with E-state index >= 15 is 0 Å². The second-order valence-electron chi connectivity index (χ2n) is 4.25. The predicted molar refractivity (Wildman–Crippen MR) is 70.2 cm³/mol. The summed E-state index contributed by atoms with van der Waals surface area (Å²) in [6.45, 7) is 0.805. The molecular weight excluding hydrogens is 252 g/mol. The van der Waals surface area contributed by atoms with E-state index in [0.717, 1.165) is 5.69 Å². The number of nitrogens with zero attached hydrogens (tertiary/aromatic N) is 1. The van der Waals surface area contributed by atoms with Crippen LogP contribution in [0.15, 0.2) is 30.3 Å². The van der Waals surface area contributed by atoms with Crippen LogP contribution < -0.4 is 5.32 Å². The molecule has 0 bridgehead atoms. The second-order valence-corrected chi connectivity index (χ2v) is 6.56. The third-order valence-corrected chi connectivity index (χ3v) is 4.52. The van der Waals surface area contributed by atoms with Crippen LogP contribution in [-0.4, -0.2) is 50.4 Å². The van der Waals surface area contributed by atoms with E-state index in [2.05, 4.69) is 5.32 Å². The molecule has 0 aromatic heterocycles. The minimum atomic E-state index is -2.93. The number of carbonyl (C=O) groups excluding carboxylic acids is 1. The Morgan fingerprint density at radius 1 is 1.17 bits per heavy atom. The molecular formula is C12H16N2O3S. The van der Waals surface area contributed by atoms with E-state index in [1.165, 1.54) is 0 Å². The summed E-state index contributed by atoms with van der Waals surface area (Å²) in [5.41, 5.74) is 0.885. The molecule has 18 heavy (non-hydrogen) atoms. The number of carbonyl (C=O) groups is 1. The summed E-state index contributed by atoms with van der Waals surface area (Å²) in [7, 11) is -2.93. The predicted octanol–water partition coefficient (Wildman–Crippen LogP) is 0.355. The molecule has 0 aliphatic carbocycles. The molecule has 5 nitrogen and oxygen atoms in total. The summed E-state index contributed by atoms with van der Waals surface area (Å²) in [6, 6.07) is 9.45. The van der Waals surface area contributed by atoms with Gasteiger partial charge in [0.05, 0.1) is 18.1 Å². The number of para-hydroxylation sites is 1. The van der Waals surface area contributed by atoms with Crippen molar-refractivity contribution in [3.05, 3.63) is 30.3 Å². The van der Waals surface area contributed by atoms with Crippen LogP contribution in [0, 0.1) is 0 Å². The SMILES string of the molecule is O=C(CNc1ccccc1)N1CCS(=O)(=O)CC1. The Kier molecular flexibility index (Phi) is 3.86. The molecule has 1 N–H and O–H groups in total. The van der Waals surface area contributed by atoms with Crippen LogP contribution in [-0.2, 0) is 14.6 Å². The maximum atomic E-state index is 11.9. The van der Waals surface area contributed by atoms with Crippen molar-refractivity contribution in [3.8, 4) is 0 Å². The maximum Gasteiger partial charge on any atom is 0.241 e. The minimum absolute atomic E-state index is 0.0613. The van der Waals surface area contributed by atoms with Gasteiger partial charge in [-0.05, 0) is 12.1 Å². The molecule has 6 heteroatoms. The lowest BCUT2D eigenvalue weighted by Gasteiger charge is -2.26. The Morgan fingerprint density at radius 3 is 2.39 bits per heavy atom. The van der Waals surface area contributed by atoms with Crippen molar-refractivity contribution in [1.29, 1.82) is 0 Å². The van der Waals surface area contributed by atoms with Crippen molar-refractivity contribution in [3.63, 3.8) is 0 Å². The van der Waals surface area contributed by atoms with Crippen LogP contribution in [0.1, 0.15) is 0 Å². The minimum Gasteiger partial charge on any atom is -0.376 e. The first-order chi connectivity index (χ1) is 8.57. The van der Waals surface area contributed by atoms with Crippen molar-refractivity contribution in [2.24, 2.45) is 0 Å². The van der Waals surface area contributed by atoms with Gasteiger partial charge in [0, 0.05) is 18.8 Å². The van der Waals surface area contributed by atoms with Gasteiger partial charge >= 0.3 is 0 Å². The number of sulfone groups is 1. The summed E-state index contributed by atoms with van der Waals surface area (Å²) in [6.07, 6.45) is 0. The summed E-state index contributed by atoms with van der Waals surface area (Å²) < 4.78 is 22.5.